The van der Waals surface area contributed by atoms with E-state index in [0.717, 1.165) is 24.9 Å². The Morgan fingerprint density at radius 2 is 1.70 bits per heavy atom. The molecule has 0 saturated carbocycles. The van der Waals surface area contributed by atoms with Gasteiger partial charge in [0.1, 0.15) is 0 Å². The number of piperidine rings is 2. The van der Waals surface area contributed by atoms with Crippen molar-refractivity contribution in [1.29, 1.82) is 0 Å². The quantitative estimate of drug-likeness (QED) is 0.625. The van der Waals surface area contributed by atoms with Gasteiger partial charge in [-0.2, -0.15) is 0 Å². The molecule has 2 saturated heterocycles. The Labute approximate surface area is 163 Å². The molecule has 2 aromatic carbocycles. The number of carbonyl (C=O) groups excluding carboxylic acids is 1. The van der Waals surface area contributed by atoms with Crippen LogP contribution in [0.3, 0.4) is 0 Å². The summed E-state index contributed by atoms with van der Waals surface area (Å²) in [6, 6.07) is 20.2. The number of rotatable bonds is 5. The number of nitrogens with zero attached hydrogens (tertiary/aromatic N) is 1. The van der Waals surface area contributed by atoms with Crippen LogP contribution in [0.2, 0.25) is 0 Å². The maximum atomic E-state index is 13.3. The molecule has 0 radical (unpaired) electrons. The summed E-state index contributed by atoms with van der Waals surface area (Å²) in [5, 5.41) is 0. The highest BCUT2D eigenvalue weighted by atomic mass is 16.1. The maximum Gasteiger partial charge on any atom is 0.166 e. The summed E-state index contributed by atoms with van der Waals surface area (Å²) >= 11 is 0. The average Bonchev–Trinajstić information content (AvgIpc) is 2.68. The van der Waals surface area contributed by atoms with Crippen LogP contribution in [0.1, 0.15) is 73.4 Å². The van der Waals surface area contributed by atoms with E-state index in [2.05, 4.69) is 61.2 Å². The highest BCUT2D eigenvalue weighted by Gasteiger charge is 2.40. The Morgan fingerprint density at radius 3 is 2.37 bits per heavy atom. The van der Waals surface area contributed by atoms with Crippen LogP contribution in [-0.2, 0) is 6.54 Å². The van der Waals surface area contributed by atoms with Gasteiger partial charge in [-0.1, -0.05) is 68.8 Å². The van der Waals surface area contributed by atoms with Crippen LogP contribution < -0.4 is 0 Å². The first-order valence-electron chi connectivity index (χ1n) is 10.6. The highest BCUT2D eigenvalue weighted by Crippen LogP contribution is 2.39. The number of ketones is 1. The first kappa shape index (κ1) is 18.4. The zero-order valence-electron chi connectivity index (χ0n) is 16.6. The molecule has 0 aromatic heterocycles. The van der Waals surface area contributed by atoms with Crippen molar-refractivity contribution in [1.82, 2.24) is 4.90 Å². The molecule has 2 bridgehead atoms. The average molecular weight is 362 g/mol. The summed E-state index contributed by atoms with van der Waals surface area (Å²) in [6.45, 7) is 5.41. The van der Waals surface area contributed by atoms with E-state index in [4.69, 9.17) is 0 Å². The van der Waals surface area contributed by atoms with Crippen LogP contribution in [0.25, 0.3) is 0 Å². The van der Waals surface area contributed by atoms with Crippen molar-refractivity contribution in [2.24, 2.45) is 5.92 Å². The predicted molar refractivity (Wildman–Crippen MR) is 111 cm³/mol. The normalized spacial score (nSPS) is 25.5. The number of Topliss-reactive ketones (excluding diaryl/α,β-unsaturated/α-hetero) is 1. The van der Waals surface area contributed by atoms with Gasteiger partial charge in [0.05, 0.1) is 0 Å². The standard InChI is InChI=1S/C25H31NO/c1-18(2)20-10-6-11-21(14-20)25(27)22-15-23-12-7-13-24(16-22)26(23)17-19-8-4-3-5-9-19/h3-6,8-11,14,18,22-24H,7,12-13,15-17H2,1-2H3. The van der Waals surface area contributed by atoms with Crippen molar-refractivity contribution in [3.05, 3.63) is 71.3 Å². The molecule has 2 atom stereocenters. The van der Waals surface area contributed by atoms with Crippen LogP contribution in [0.15, 0.2) is 54.6 Å². The molecule has 0 amide bonds. The van der Waals surface area contributed by atoms with Crippen molar-refractivity contribution in [3.8, 4) is 0 Å². The SMILES string of the molecule is CC(C)c1cccc(C(=O)C2CC3CCCC(C2)N3Cc2ccccc2)c1. The van der Waals surface area contributed by atoms with E-state index in [1.54, 1.807) is 0 Å². The van der Waals surface area contributed by atoms with Gasteiger partial charge in [-0.3, -0.25) is 9.69 Å². The van der Waals surface area contributed by atoms with E-state index in [1.165, 1.54) is 30.4 Å². The second-order valence-corrected chi connectivity index (χ2v) is 8.71. The fourth-order valence-corrected chi connectivity index (χ4v) is 5.03. The van der Waals surface area contributed by atoms with E-state index in [0.29, 0.717) is 23.8 Å². The Kier molecular flexibility index (Phi) is 5.45. The fraction of sp³-hybridized carbons (Fsp3) is 0.480. The largest absolute Gasteiger partial charge is 0.294 e. The van der Waals surface area contributed by atoms with Crippen LogP contribution >= 0.6 is 0 Å². The number of hydrogen-bond donors (Lipinski definition) is 0. The van der Waals surface area contributed by atoms with Gasteiger partial charge < -0.3 is 0 Å². The van der Waals surface area contributed by atoms with Crippen LogP contribution in [0.4, 0.5) is 0 Å². The minimum atomic E-state index is 0.190. The van der Waals surface area contributed by atoms with E-state index >= 15 is 0 Å². The third kappa shape index (κ3) is 4.01. The minimum absolute atomic E-state index is 0.190. The summed E-state index contributed by atoms with van der Waals surface area (Å²) < 4.78 is 0. The molecular weight excluding hydrogens is 330 g/mol. The Balaban J connectivity index is 1.49. The maximum absolute atomic E-state index is 13.3. The molecule has 0 N–H and O–H groups in total. The molecule has 2 heteroatoms. The molecule has 142 valence electrons. The van der Waals surface area contributed by atoms with E-state index in [-0.39, 0.29) is 5.92 Å². The van der Waals surface area contributed by atoms with Gasteiger partial charge in [0.25, 0.3) is 0 Å². The molecule has 2 aromatic rings. The molecule has 2 aliphatic rings. The summed E-state index contributed by atoms with van der Waals surface area (Å²) in [5.41, 5.74) is 3.58. The number of carbonyl (C=O) groups is 1. The van der Waals surface area contributed by atoms with Gasteiger partial charge in [-0.15, -0.1) is 0 Å². The monoisotopic (exact) mass is 361 g/mol. The van der Waals surface area contributed by atoms with E-state index < -0.39 is 0 Å². The van der Waals surface area contributed by atoms with Gasteiger partial charge in [0, 0.05) is 30.1 Å². The lowest BCUT2D eigenvalue weighted by atomic mass is 9.75. The second kappa shape index (κ2) is 7.98. The summed E-state index contributed by atoms with van der Waals surface area (Å²) in [5.74, 6) is 1.02. The fourth-order valence-electron chi connectivity index (χ4n) is 5.03. The molecule has 2 fully saturated rings. The Morgan fingerprint density at radius 1 is 1.00 bits per heavy atom. The van der Waals surface area contributed by atoms with Crippen LogP contribution in [0, 0.1) is 5.92 Å². The molecule has 0 aliphatic carbocycles. The minimum Gasteiger partial charge on any atom is -0.294 e. The zero-order valence-corrected chi connectivity index (χ0v) is 16.6. The molecule has 4 rings (SSSR count). The predicted octanol–water partition coefficient (Wildman–Crippen LogP) is 5.83. The molecular formula is C25H31NO. The van der Waals surface area contributed by atoms with Crippen LogP contribution in [0.5, 0.6) is 0 Å². The van der Waals surface area contributed by atoms with Gasteiger partial charge >= 0.3 is 0 Å². The first-order valence-corrected chi connectivity index (χ1v) is 10.6. The molecule has 27 heavy (non-hydrogen) atoms. The molecule has 2 nitrogen and oxygen atoms in total. The number of hydrogen-bond acceptors (Lipinski definition) is 2. The van der Waals surface area contributed by atoms with Crippen molar-refractivity contribution in [2.75, 3.05) is 0 Å². The van der Waals surface area contributed by atoms with Gasteiger partial charge in [-0.25, -0.2) is 0 Å². The number of benzene rings is 2. The van der Waals surface area contributed by atoms with Crippen molar-refractivity contribution >= 4 is 5.78 Å². The van der Waals surface area contributed by atoms with Crippen LogP contribution in [-0.4, -0.2) is 22.8 Å². The molecule has 0 spiro atoms. The van der Waals surface area contributed by atoms with Gasteiger partial charge in [0.2, 0.25) is 0 Å². The van der Waals surface area contributed by atoms with Crippen molar-refractivity contribution in [2.45, 2.75) is 70.5 Å². The third-order valence-corrected chi connectivity index (χ3v) is 6.54. The summed E-state index contributed by atoms with van der Waals surface area (Å²) in [4.78, 5) is 15.9. The van der Waals surface area contributed by atoms with Gasteiger partial charge in [0.15, 0.2) is 5.78 Å². The molecule has 2 heterocycles. The Bertz CT molecular complexity index is 768. The van der Waals surface area contributed by atoms with E-state index in [9.17, 15) is 4.79 Å². The lowest BCUT2D eigenvalue weighted by molar-refractivity contribution is 0.00906. The van der Waals surface area contributed by atoms with E-state index in [1.807, 2.05) is 12.1 Å². The summed E-state index contributed by atoms with van der Waals surface area (Å²) in [7, 11) is 0. The smallest absolute Gasteiger partial charge is 0.166 e. The molecule has 2 unspecified atom stereocenters. The van der Waals surface area contributed by atoms with Crippen molar-refractivity contribution < 1.29 is 4.79 Å². The number of fused-ring (bicyclic) bond motifs is 2. The Hall–Kier alpha value is -1.93. The lowest BCUT2D eigenvalue weighted by Crippen LogP contribution is -2.52. The first-order chi connectivity index (χ1) is 13.1. The lowest BCUT2D eigenvalue weighted by Gasteiger charge is -2.48. The highest BCUT2D eigenvalue weighted by molar-refractivity contribution is 5.98. The zero-order chi connectivity index (χ0) is 18.8. The van der Waals surface area contributed by atoms with Gasteiger partial charge in [-0.05, 0) is 48.8 Å². The molecule has 2 aliphatic heterocycles. The summed E-state index contributed by atoms with van der Waals surface area (Å²) in [6.07, 6.45) is 5.82. The van der Waals surface area contributed by atoms with Crippen molar-refractivity contribution in [3.63, 3.8) is 0 Å². The second-order valence-electron chi connectivity index (χ2n) is 8.71. The third-order valence-electron chi connectivity index (χ3n) is 6.54. The topological polar surface area (TPSA) is 20.3 Å².